The number of aryl methyl sites for hydroxylation is 1. The molecule has 27 heavy (non-hydrogen) atoms. The molecule has 2 aromatic rings. The molecule has 0 heterocycles. The van der Waals surface area contributed by atoms with Crippen molar-refractivity contribution in [3.05, 3.63) is 59.2 Å². The fraction of sp³-hybridized carbons (Fsp3) is 0.368. The highest BCUT2D eigenvalue weighted by molar-refractivity contribution is 7.88. The lowest BCUT2D eigenvalue weighted by Gasteiger charge is -2.25. The second kappa shape index (κ2) is 7.42. The fourth-order valence-corrected chi connectivity index (χ4v) is 3.83. The summed E-state index contributed by atoms with van der Waals surface area (Å²) in [7, 11) is -4.07. The van der Waals surface area contributed by atoms with Gasteiger partial charge in [-0.05, 0) is 66.5 Å². The predicted octanol–water partition coefficient (Wildman–Crippen LogP) is 4.27. The van der Waals surface area contributed by atoms with E-state index < -0.39 is 15.6 Å². The van der Waals surface area contributed by atoms with E-state index in [4.69, 9.17) is 4.74 Å². The third-order valence-corrected chi connectivity index (χ3v) is 5.67. The molecule has 0 aromatic heterocycles. The van der Waals surface area contributed by atoms with Crippen LogP contribution < -0.4 is 8.92 Å². The van der Waals surface area contributed by atoms with E-state index in [-0.39, 0.29) is 11.7 Å². The van der Waals surface area contributed by atoms with Crippen LogP contribution in [-0.4, -0.2) is 21.0 Å². The van der Waals surface area contributed by atoms with Crippen molar-refractivity contribution < 1.29 is 30.5 Å². The van der Waals surface area contributed by atoms with E-state index >= 15 is 0 Å². The average molecular weight is 400 g/mol. The highest BCUT2D eigenvalue weighted by Gasteiger charge is 2.48. The van der Waals surface area contributed by atoms with Crippen LogP contribution in [0.15, 0.2) is 42.5 Å². The van der Waals surface area contributed by atoms with Gasteiger partial charge in [-0.25, -0.2) is 0 Å². The van der Waals surface area contributed by atoms with Gasteiger partial charge in [0, 0.05) is 0 Å². The van der Waals surface area contributed by atoms with E-state index in [0.29, 0.717) is 12.0 Å². The van der Waals surface area contributed by atoms with Crippen LogP contribution in [0.2, 0.25) is 0 Å². The fourth-order valence-electron chi connectivity index (χ4n) is 3.34. The van der Waals surface area contributed by atoms with Crippen LogP contribution in [0.3, 0.4) is 0 Å². The summed E-state index contributed by atoms with van der Waals surface area (Å²) >= 11 is 0. The Labute approximate surface area is 156 Å². The highest BCUT2D eigenvalue weighted by atomic mass is 32.2. The number of halogens is 3. The van der Waals surface area contributed by atoms with Crippen LogP contribution in [0, 0.1) is 5.92 Å². The third-order valence-electron chi connectivity index (χ3n) is 4.71. The number of benzene rings is 2. The number of hydrogen-bond acceptors (Lipinski definition) is 4. The van der Waals surface area contributed by atoms with Gasteiger partial charge in [0.25, 0.3) is 0 Å². The number of rotatable bonds is 5. The van der Waals surface area contributed by atoms with E-state index in [1.165, 1.54) is 23.3 Å². The zero-order valence-electron chi connectivity index (χ0n) is 14.6. The minimum absolute atomic E-state index is 0.184. The molecule has 0 fully saturated rings. The Morgan fingerprint density at radius 1 is 1.11 bits per heavy atom. The van der Waals surface area contributed by atoms with Gasteiger partial charge >= 0.3 is 15.6 Å². The van der Waals surface area contributed by atoms with Crippen molar-refractivity contribution in [1.29, 1.82) is 0 Å². The molecule has 0 amide bonds. The molecule has 2 aromatic carbocycles. The van der Waals surface area contributed by atoms with E-state index in [2.05, 4.69) is 4.18 Å². The second-order valence-corrected chi connectivity index (χ2v) is 8.08. The first-order chi connectivity index (χ1) is 12.7. The monoisotopic (exact) mass is 400 g/mol. The lowest BCUT2D eigenvalue weighted by atomic mass is 9.80. The number of ether oxygens (including phenoxy) is 1. The van der Waals surface area contributed by atoms with Gasteiger partial charge in [0.05, 0.1) is 7.11 Å². The minimum Gasteiger partial charge on any atom is -0.497 e. The molecule has 4 nitrogen and oxygen atoms in total. The molecular formula is C19H19F3O4S. The molecule has 0 radical (unpaired) electrons. The number of para-hydroxylation sites is 1. The molecular weight excluding hydrogens is 381 g/mol. The molecule has 3 rings (SSSR count). The zero-order valence-corrected chi connectivity index (χ0v) is 15.4. The van der Waals surface area contributed by atoms with E-state index in [0.717, 1.165) is 25.0 Å². The molecule has 8 heteroatoms. The molecule has 0 aliphatic heterocycles. The van der Waals surface area contributed by atoms with Crippen LogP contribution in [0.25, 0.3) is 0 Å². The number of hydrogen-bond donors (Lipinski definition) is 0. The van der Waals surface area contributed by atoms with E-state index in [9.17, 15) is 21.6 Å². The molecule has 1 aliphatic rings. The van der Waals surface area contributed by atoms with Crippen LogP contribution in [0.4, 0.5) is 13.2 Å². The predicted molar refractivity (Wildman–Crippen MR) is 94.3 cm³/mol. The molecule has 0 bridgehead atoms. The molecule has 0 spiro atoms. The Morgan fingerprint density at radius 2 is 1.85 bits per heavy atom. The van der Waals surface area contributed by atoms with Crippen LogP contribution in [0.1, 0.15) is 23.1 Å². The topological polar surface area (TPSA) is 52.6 Å². The van der Waals surface area contributed by atoms with Crippen molar-refractivity contribution >= 4 is 10.1 Å². The van der Waals surface area contributed by atoms with Crippen LogP contribution in [0.5, 0.6) is 11.5 Å². The summed E-state index contributed by atoms with van der Waals surface area (Å²) in [6.45, 7) is 0. The Kier molecular flexibility index (Phi) is 5.37. The van der Waals surface area contributed by atoms with Gasteiger partial charge in [0.1, 0.15) is 11.5 Å². The zero-order chi connectivity index (χ0) is 19.7. The summed E-state index contributed by atoms with van der Waals surface area (Å²) in [4.78, 5) is 0. The van der Waals surface area contributed by atoms with Crippen molar-refractivity contribution in [3.63, 3.8) is 0 Å². The maximum atomic E-state index is 12.6. The minimum atomic E-state index is -5.68. The summed E-state index contributed by atoms with van der Waals surface area (Å²) in [5, 5.41) is 0. The number of fused-ring (bicyclic) bond motifs is 1. The normalized spacial score (nSPS) is 17.3. The smallest absolute Gasteiger partial charge is 0.497 e. The molecule has 0 N–H and O–H groups in total. The first kappa shape index (κ1) is 19.5. The maximum Gasteiger partial charge on any atom is 0.534 e. The van der Waals surface area contributed by atoms with Gasteiger partial charge in [-0.1, -0.05) is 24.3 Å². The Morgan fingerprint density at radius 3 is 2.56 bits per heavy atom. The molecule has 0 saturated carbocycles. The molecule has 146 valence electrons. The van der Waals surface area contributed by atoms with Gasteiger partial charge in [-0.2, -0.15) is 21.6 Å². The second-order valence-electron chi connectivity index (χ2n) is 6.54. The van der Waals surface area contributed by atoms with Gasteiger partial charge in [0.15, 0.2) is 0 Å². The molecule has 1 unspecified atom stereocenters. The lowest BCUT2D eigenvalue weighted by molar-refractivity contribution is -0.0500. The maximum absolute atomic E-state index is 12.6. The Balaban J connectivity index is 1.77. The summed E-state index contributed by atoms with van der Waals surface area (Å²) in [5.74, 6) is 0.711. The van der Waals surface area contributed by atoms with Gasteiger partial charge in [-0.15, -0.1) is 0 Å². The molecule has 1 atom stereocenters. The van der Waals surface area contributed by atoms with Gasteiger partial charge in [-0.3, -0.25) is 0 Å². The summed E-state index contributed by atoms with van der Waals surface area (Å²) < 4.78 is 70.1. The Hall–Kier alpha value is -2.22. The van der Waals surface area contributed by atoms with Crippen molar-refractivity contribution in [2.24, 2.45) is 5.92 Å². The first-order valence-corrected chi connectivity index (χ1v) is 9.85. The van der Waals surface area contributed by atoms with Crippen molar-refractivity contribution in [3.8, 4) is 11.5 Å². The van der Waals surface area contributed by atoms with Crippen molar-refractivity contribution in [1.82, 2.24) is 0 Å². The van der Waals surface area contributed by atoms with Crippen molar-refractivity contribution in [2.75, 3.05) is 7.11 Å². The summed E-state index contributed by atoms with van der Waals surface area (Å²) in [5.41, 5.74) is -2.63. The Bertz CT molecular complexity index is 923. The average Bonchev–Trinajstić information content (AvgIpc) is 2.61. The molecule has 0 saturated heterocycles. The lowest BCUT2D eigenvalue weighted by Crippen LogP contribution is -2.28. The summed E-state index contributed by atoms with van der Waals surface area (Å²) in [6.07, 6.45) is 2.89. The van der Waals surface area contributed by atoms with E-state index in [1.807, 2.05) is 18.2 Å². The van der Waals surface area contributed by atoms with Gasteiger partial charge < -0.3 is 8.92 Å². The first-order valence-electron chi connectivity index (χ1n) is 8.44. The summed E-state index contributed by atoms with van der Waals surface area (Å²) in [6, 6.07) is 11.8. The largest absolute Gasteiger partial charge is 0.534 e. The standard InChI is InChI=1S/C19H19F3O4S/c1-25-17-9-8-14-10-13(6-7-15(14)12-17)11-16-4-2-3-5-18(16)26-27(23,24)19(20,21)22/h2-5,8-9,12-13H,6-7,10-11H2,1H3. The SMILES string of the molecule is COc1ccc2c(c1)CCC(Cc1ccccc1OS(=O)(=O)C(F)(F)F)C2. The van der Waals surface area contributed by atoms with Crippen LogP contribution in [-0.2, 0) is 29.4 Å². The quantitative estimate of drug-likeness (QED) is 0.556. The third kappa shape index (κ3) is 4.37. The van der Waals surface area contributed by atoms with Crippen LogP contribution >= 0.6 is 0 Å². The highest BCUT2D eigenvalue weighted by Crippen LogP contribution is 2.34. The molecule has 1 aliphatic carbocycles. The van der Waals surface area contributed by atoms with E-state index in [1.54, 1.807) is 19.2 Å². The number of methoxy groups -OCH3 is 1. The van der Waals surface area contributed by atoms with Crippen molar-refractivity contribution in [2.45, 2.75) is 31.2 Å². The number of alkyl halides is 3. The van der Waals surface area contributed by atoms with Gasteiger partial charge in [0.2, 0.25) is 0 Å².